The molecular weight excluding hydrogens is 324 g/mol. The number of aromatic nitrogens is 5. The van der Waals surface area contributed by atoms with Gasteiger partial charge in [0.15, 0.2) is 0 Å². The highest BCUT2D eigenvalue weighted by Gasteiger charge is 2.15. The Labute approximate surface area is 151 Å². The zero-order valence-electron chi connectivity index (χ0n) is 14.3. The van der Waals surface area contributed by atoms with Crippen LogP contribution in [0.1, 0.15) is 11.4 Å². The van der Waals surface area contributed by atoms with E-state index in [4.69, 9.17) is 4.98 Å². The van der Waals surface area contributed by atoms with E-state index in [-0.39, 0.29) is 0 Å². The van der Waals surface area contributed by atoms with Crippen molar-refractivity contribution >= 4 is 5.95 Å². The number of pyridine rings is 1. The van der Waals surface area contributed by atoms with E-state index in [1.165, 1.54) is 5.56 Å². The molecule has 0 amide bonds. The van der Waals surface area contributed by atoms with Crippen LogP contribution in [0.4, 0.5) is 5.95 Å². The molecule has 4 aromatic rings. The van der Waals surface area contributed by atoms with E-state index in [2.05, 4.69) is 56.4 Å². The number of hydrogen-bond acceptors (Lipinski definition) is 5. The molecule has 6 heteroatoms. The summed E-state index contributed by atoms with van der Waals surface area (Å²) in [5.74, 6) is 1.37. The van der Waals surface area contributed by atoms with Crippen molar-refractivity contribution in [1.82, 2.24) is 24.9 Å². The second kappa shape index (κ2) is 7.14. The lowest BCUT2D eigenvalue weighted by molar-refractivity contribution is 0.969. The van der Waals surface area contributed by atoms with Crippen LogP contribution in [0.2, 0.25) is 0 Å². The van der Waals surface area contributed by atoms with Crippen LogP contribution >= 0.6 is 0 Å². The van der Waals surface area contributed by atoms with Gasteiger partial charge in [0.1, 0.15) is 5.82 Å². The molecule has 0 unspecified atom stereocenters. The molecule has 3 aromatic heterocycles. The molecule has 1 aromatic carbocycles. The fourth-order valence-corrected chi connectivity index (χ4v) is 2.68. The number of hydrogen-bond donors (Lipinski definition) is 2. The number of rotatable bonds is 5. The lowest BCUT2D eigenvalue weighted by atomic mass is 10.1. The summed E-state index contributed by atoms with van der Waals surface area (Å²) >= 11 is 0. The zero-order valence-corrected chi connectivity index (χ0v) is 14.3. The molecule has 0 aliphatic carbocycles. The third kappa shape index (κ3) is 3.44. The Balaban J connectivity index is 1.69. The minimum atomic E-state index is 0.496. The van der Waals surface area contributed by atoms with Gasteiger partial charge in [-0.25, -0.2) is 15.0 Å². The Kier molecular flexibility index (Phi) is 4.38. The van der Waals surface area contributed by atoms with Crippen LogP contribution in [0, 0.1) is 6.92 Å². The molecule has 0 saturated heterocycles. The highest BCUT2D eigenvalue weighted by molar-refractivity contribution is 5.76. The summed E-state index contributed by atoms with van der Waals surface area (Å²) in [4.78, 5) is 21.0. The van der Waals surface area contributed by atoms with Crippen molar-refractivity contribution in [2.24, 2.45) is 0 Å². The molecule has 0 bridgehead atoms. The molecular formula is C20H18N6. The first kappa shape index (κ1) is 16.0. The zero-order chi connectivity index (χ0) is 17.8. The highest BCUT2D eigenvalue weighted by Crippen LogP contribution is 2.29. The Morgan fingerprint density at radius 2 is 1.65 bits per heavy atom. The van der Waals surface area contributed by atoms with Gasteiger partial charge in [-0.05, 0) is 25.1 Å². The van der Waals surface area contributed by atoms with Crippen molar-refractivity contribution in [2.45, 2.75) is 13.5 Å². The highest BCUT2D eigenvalue weighted by atomic mass is 15.1. The molecule has 0 aliphatic heterocycles. The van der Waals surface area contributed by atoms with E-state index in [1.807, 2.05) is 18.2 Å². The van der Waals surface area contributed by atoms with Gasteiger partial charge in [0, 0.05) is 24.2 Å². The molecule has 0 atom stereocenters. The van der Waals surface area contributed by atoms with Crippen LogP contribution in [0.3, 0.4) is 0 Å². The number of anilines is 1. The molecule has 0 spiro atoms. The van der Waals surface area contributed by atoms with Gasteiger partial charge in [0.05, 0.1) is 23.6 Å². The Morgan fingerprint density at radius 1 is 0.885 bits per heavy atom. The van der Waals surface area contributed by atoms with E-state index < -0.39 is 0 Å². The predicted molar refractivity (Wildman–Crippen MR) is 101 cm³/mol. The van der Waals surface area contributed by atoms with Gasteiger partial charge in [-0.1, -0.05) is 35.9 Å². The summed E-state index contributed by atoms with van der Waals surface area (Å²) in [6.07, 6.45) is 5.19. The maximum atomic E-state index is 4.79. The topological polar surface area (TPSA) is 79.4 Å². The Bertz CT molecular complexity index is 978. The van der Waals surface area contributed by atoms with Crippen LogP contribution in [-0.2, 0) is 6.54 Å². The van der Waals surface area contributed by atoms with Crippen LogP contribution < -0.4 is 5.32 Å². The molecule has 0 aliphatic rings. The number of aryl methyl sites for hydroxylation is 1. The summed E-state index contributed by atoms with van der Waals surface area (Å²) in [7, 11) is 0. The maximum Gasteiger partial charge on any atom is 0.222 e. The number of nitrogens with zero attached hydrogens (tertiary/aromatic N) is 4. The average molecular weight is 342 g/mol. The first-order valence-electron chi connectivity index (χ1n) is 8.38. The predicted octanol–water partition coefficient (Wildman–Crippen LogP) is 3.85. The van der Waals surface area contributed by atoms with Crippen molar-refractivity contribution in [3.05, 3.63) is 78.5 Å². The third-order valence-corrected chi connectivity index (χ3v) is 3.98. The molecule has 4 rings (SSSR count). The quantitative estimate of drug-likeness (QED) is 0.576. The fourth-order valence-electron chi connectivity index (χ4n) is 2.68. The number of aromatic amines is 1. The van der Waals surface area contributed by atoms with Crippen LogP contribution in [0.5, 0.6) is 0 Å². The van der Waals surface area contributed by atoms with Gasteiger partial charge >= 0.3 is 0 Å². The summed E-state index contributed by atoms with van der Waals surface area (Å²) in [6.45, 7) is 2.57. The molecule has 0 saturated carbocycles. The van der Waals surface area contributed by atoms with Gasteiger partial charge < -0.3 is 10.3 Å². The maximum absolute atomic E-state index is 4.79. The normalized spacial score (nSPS) is 10.7. The lowest BCUT2D eigenvalue weighted by Gasteiger charge is -2.02. The summed E-state index contributed by atoms with van der Waals surface area (Å²) in [6, 6.07) is 16.0. The van der Waals surface area contributed by atoms with Crippen molar-refractivity contribution in [3.8, 4) is 22.6 Å². The minimum absolute atomic E-state index is 0.496. The average Bonchev–Trinajstić information content (AvgIpc) is 3.13. The Morgan fingerprint density at radius 3 is 2.38 bits per heavy atom. The molecule has 3 heterocycles. The van der Waals surface area contributed by atoms with Crippen LogP contribution in [0.15, 0.2) is 67.1 Å². The van der Waals surface area contributed by atoms with Crippen molar-refractivity contribution in [1.29, 1.82) is 0 Å². The molecule has 6 nitrogen and oxygen atoms in total. The lowest BCUT2D eigenvalue weighted by Crippen LogP contribution is -2.04. The van der Waals surface area contributed by atoms with E-state index in [1.54, 1.807) is 24.7 Å². The third-order valence-electron chi connectivity index (χ3n) is 3.98. The van der Waals surface area contributed by atoms with Crippen LogP contribution in [0.25, 0.3) is 22.6 Å². The largest absolute Gasteiger partial charge is 0.347 e. The van der Waals surface area contributed by atoms with E-state index in [0.717, 1.165) is 28.5 Å². The standard InChI is InChI=1S/C20H18N6/c1-14-6-8-15(9-7-14)18-19(16-5-2-3-10-21-16)26-17(25-18)13-24-20-22-11-4-12-23-20/h2-12H,13H2,1H3,(H,25,26)(H,22,23,24). The molecule has 2 N–H and O–H groups in total. The smallest absolute Gasteiger partial charge is 0.222 e. The summed E-state index contributed by atoms with van der Waals surface area (Å²) < 4.78 is 0. The van der Waals surface area contributed by atoms with Gasteiger partial charge in [0.25, 0.3) is 0 Å². The van der Waals surface area contributed by atoms with Crippen molar-refractivity contribution in [3.63, 3.8) is 0 Å². The van der Waals surface area contributed by atoms with Gasteiger partial charge in [0.2, 0.25) is 5.95 Å². The molecule has 0 fully saturated rings. The number of nitrogens with one attached hydrogen (secondary N) is 2. The first-order valence-corrected chi connectivity index (χ1v) is 8.38. The second-order valence-corrected chi connectivity index (χ2v) is 5.91. The van der Waals surface area contributed by atoms with E-state index >= 15 is 0 Å². The van der Waals surface area contributed by atoms with E-state index in [9.17, 15) is 0 Å². The fraction of sp³-hybridized carbons (Fsp3) is 0.100. The van der Waals surface area contributed by atoms with E-state index in [0.29, 0.717) is 12.5 Å². The minimum Gasteiger partial charge on any atom is -0.347 e. The number of H-pyrrole nitrogens is 1. The van der Waals surface area contributed by atoms with Gasteiger partial charge in [-0.3, -0.25) is 4.98 Å². The van der Waals surface area contributed by atoms with Gasteiger partial charge in [-0.2, -0.15) is 0 Å². The molecule has 26 heavy (non-hydrogen) atoms. The molecule has 0 radical (unpaired) electrons. The second-order valence-electron chi connectivity index (χ2n) is 5.91. The monoisotopic (exact) mass is 342 g/mol. The number of benzene rings is 1. The summed E-state index contributed by atoms with van der Waals surface area (Å²) in [5, 5.41) is 3.18. The van der Waals surface area contributed by atoms with Crippen molar-refractivity contribution < 1.29 is 0 Å². The molecule has 128 valence electrons. The first-order chi connectivity index (χ1) is 12.8. The SMILES string of the molecule is Cc1ccc(-c2nc(CNc3ncccn3)[nH]c2-c2ccccn2)cc1. The van der Waals surface area contributed by atoms with Crippen LogP contribution in [-0.4, -0.2) is 24.9 Å². The van der Waals surface area contributed by atoms with Crippen molar-refractivity contribution in [2.75, 3.05) is 5.32 Å². The Hall–Kier alpha value is -3.54. The van der Waals surface area contributed by atoms with Gasteiger partial charge in [-0.15, -0.1) is 0 Å². The summed E-state index contributed by atoms with van der Waals surface area (Å²) in [5.41, 5.74) is 4.91. The number of imidazole rings is 1.